The van der Waals surface area contributed by atoms with Crippen LogP contribution in [-0.2, 0) is 11.3 Å². The zero-order valence-corrected chi connectivity index (χ0v) is 22.1. The molecule has 176 valence electrons. The van der Waals surface area contributed by atoms with E-state index in [9.17, 15) is 4.79 Å². The Morgan fingerprint density at radius 3 is 2.47 bits per heavy atom. The number of nitrogens with zero attached hydrogens (tertiary/aromatic N) is 4. The van der Waals surface area contributed by atoms with Crippen LogP contribution in [0, 0.1) is 5.92 Å². The van der Waals surface area contributed by atoms with Gasteiger partial charge in [0.15, 0.2) is 5.96 Å². The average molecular weight is 573 g/mol. The number of hydrogen-bond donors (Lipinski definition) is 2. The summed E-state index contributed by atoms with van der Waals surface area (Å²) in [4.78, 5) is 19.0. The molecule has 2 aromatic rings. The number of likely N-dealkylation sites (tertiary alicyclic amines) is 1. The van der Waals surface area contributed by atoms with Crippen molar-refractivity contribution < 1.29 is 4.79 Å². The standard InChI is InChI=1S/C23H33ClN6O.HI/c1-4-18(5-2)22(31)29-12-10-20(11-13-29)28-23(25-3)26-14-17-15-27-30(16-17)21-8-6-19(24)7-9-21;/h6-9,15-16,18,20H,4-5,10-14H2,1-3H3,(H2,25,26,28);1H. The van der Waals surface area contributed by atoms with Crippen molar-refractivity contribution in [1.29, 1.82) is 0 Å². The van der Waals surface area contributed by atoms with Crippen molar-refractivity contribution in [1.82, 2.24) is 25.3 Å². The van der Waals surface area contributed by atoms with Gasteiger partial charge in [0.25, 0.3) is 0 Å². The summed E-state index contributed by atoms with van der Waals surface area (Å²) in [5, 5.41) is 12.0. The zero-order valence-electron chi connectivity index (χ0n) is 19.1. The summed E-state index contributed by atoms with van der Waals surface area (Å²) in [5.74, 6) is 1.24. The number of aliphatic imine (C=N–C) groups is 1. The van der Waals surface area contributed by atoms with E-state index in [4.69, 9.17) is 11.6 Å². The molecule has 1 fully saturated rings. The predicted molar refractivity (Wildman–Crippen MR) is 141 cm³/mol. The largest absolute Gasteiger partial charge is 0.354 e. The van der Waals surface area contributed by atoms with Crippen molar-refractivity contribution in [2.75, 3.05) is 20.1 Å². The number of nitrogens with one attached hydrogen (secondary N) is 2. The molecule has 1 aliphatic rings. The second kappa shape index (κ2) is 13.0. The van der Waals surface area contributed by atoms with E-state index in [0.29, 0.717) is 23.5 Å². The molecule has 2 N–H and O–H groups in total. The number of aromatic nitrogens is 2. The average Bonchev–Trinajstić information content (AvgIpc) is 3.27. The minimum absolute atomic E-state index is 0. The van der Waals surface area contributed by atoms with Crippen molar-refractivity contribution >= 4 is 47.4 Å². The topological polar surface area (TPSA) is 74.6 Å². The van der Waals surface area contributed by atoms with Crippen LogP contribution in [0.5, 0.6) is 0 Å². The van der Waals surface area contributed by atoms with Crippen LogP contribution in [0.4, 0.5) is 0 Å². The molecule has 1 aliphatic heterocycles. The number of amides is 1. The Bertz CT molecular complexity index is 873. The third-order valence-corrected chi connectivity index (χ3v) is 6.15. The number of benzene rings is 1. The van der Waals surface area contributed by atoms with Crippen LogP contribution in [0.25, 0.3) is 5.69 Å². The van der Waals surface area contributed by atoms with Gasteiger partial charge in [-0.15, -0.1) is 24.0 Å². The minimum Gasteiger partial charge on any atom is -0.354 e. The normalized spacial score (nSPS) is 14.9. The van der Waals surface area contributed by atoms with Gasteiger partial charge in [-0.2, -0.15) is 5.10 Å². The molecule has 0 spiro atoms. The molecule has 2 heterocycles. The molecule has 0 bridgehead atoms. The van der Waals surface area contributed by atoms with Gasteiger partial charge in [0.05, 0.1) is 11.9 Å². The molecule has 32 heavy (non-hydrogen) atoms. The first-order valence-electron chi connectivity index (χ1n) is 11.1. The number of carbonyl (C=O) groups excluding carboxylic acids is 1. The van der Waals surface area contributed by atoms with Gasteiger partial charge in [-0.05, 0) is 49.9 Å². The van der Waals surface area contributed by atoms with E-state index in [2.05, 4.69) is 34.6 Å². The second-order valence-electron chi connectivity index (χ2n) is 7.95. The molecule has 3 rings (SSSR count). The van der Waals surface area contributed by atoms with E-state index in [1.54, 1.807) is 7.05 Å². The van der Waals surface area contributed by atoms with Crippen LogP contribution in [0.1, 0.15) is 45.1 Å². The van der Waals surface area contributed by atoms with Gasteiger partial charge in [0.1, 0.15) is 0 Å². The summed E-state index contributed by atoms with van der Waals surface area (Å²) >= 11 is 5.96. The Labute approximate surface area is 213 Å². The van der Waals surface area contributed by atoms with Crippen LogP contribution in [-0.4, -0.2) is 52.7 Å². The fourth-order valence-electron chi connectivity index (χ4n) is 3.90. The van der Waals surface area contributed by atoms with Gasteiger partial charge >= 0.3 is 0 Å². The fourth-order valence-corrected chi connectivity index (χ4v) is 4.03. The quantitative estimate of drug-likeness (QED) is 0.296. The molecule has 1 aromatic carbocycles. The molecule has 9 heteroatoms. The predicted octanol–water partition coefficient (Wildman–Crippen LogP) is 4.24. The van der Waals surface area contributed by atoms with Crippen molar-refractivity contribution in [3.05, 3.63) is 47.2 Å². The summed E-state index contributed by atoms with van der Waals surface area (Å²) < 4.78 is 1.83. The van der Waals surface area contributed by atoms with Gasteiger partial charge in [0.2, 0.25) is 5.91 Å². The van der Waals surface area contributed by atoms with E-state index < -0.39 is 0 Å². The molecule has 1 saturated heterocycles. The maximum Gasteiger partial charge on any atom is 0.225 e. The number of piperidine rings is 1. The maximum absolute atomic E-state index is 12.6. The van der Waals surface area contributed by atoms with E-state index >= 15 is 0 Å². The minimum atomic E-state index is 0. The lowest BCUT2D eigenvalue weighted by molar-refractivity contribution is -0.136. The van der Waals surface area contributed by atoms with Crippen molar-refractivity contribution in [3.63, 3.8) is 0 Å². The third kappa shape index (κ3) is 7.10. The SMILES string of the molecule is CCC(CC)C(=O)N1CCC(NC(=NC)NCc2cnn(-c3ccc(Cl)cc3)c2)CC1.I. The lowest BCUT2D eigenvalue weighted by atomic mass is 9.98. The lowest BCUT2D eigenvalue weighted by Crippen LogP contribution is -2.50. The zero-order chi connectivity index (χ0) is 22.2. The Hall–Kier alpha value is -1.81. The monoisotopic (exact) mass is 572 g/mol. The van der Waals surface area contributed by atoms with Crippen molar-refractivity contribution in [2.45, 2.75) is 52.1 Å². The summed E-state index contributed by atoms with van der Waals surface area (Å²) in [6, 6.07) is 7.90. The second-order valence-corrected chi connectivity index (χ2v) is 8.39. The van der Waals surface area contributed by atoms with Crippen molar-refractivity contribution in [3.8, 4) is 5.69 Å². The number of hydrogen-bond acceptors (Lipinski definition) is 3. The summed E-state index contributed by atoms with van der Waals surface area (Å²) in [6.45, 7) is 6.42. The molecule has 7 nitrogen and oxygen atoms in total. The lowest BCUT2D eigenvalue weighted by Gasteiger charge is -2.34. The first-order valence-corrected chi connectivity index (χ1v) is 11.5. The first-order chi connectivity index (χ1) is 15.0. The first kappa shape index (κ1) is 26.4. The van der Waals surface area contributed by atoms with Gasteiger partial charge in [-0.3, -0.25) is 9.79 Å². The smallest absolute Gasteiger partial charge is 0.225 e. The molecule has 1 aromatic heterocycles. The summed E-state index contributed by atoms with van der Waals surface area (Å²) in [7, 11) is 1.78. The van der Waals surface area contributed by atoms with Gasteiger partial charge in [0, 0.05) is 55.4 Å². The number of rotatable bonds is 7. The highest BCUT2D eigenvalue weighted by Crippen LogP contribution is 2.17. The molecular formula is C23H34ClIN6O. The van der Waals surface area contributed by atoms with Gasteiger partial charge < -0.3 is 15.5 Å². The Kier molecular flexibility index (Phi) is 10.8. The molecule has 0 radical (unpaired) electrons. The van der Waals surface area contributed by atoms with E-state index in [1.165, 1.54) is 0 Å². The molecular weight excluding hydrogens is 539 g/mol. The van der Waals surface area contributed by atoms with Crippen molar-refractivity contribution in [2.24, 2.45) is 10.9 Å². The fraction of sp³-hybridized carbons (Fsp3) is 0.522. The van der Waals surface area contributed by atoms with Gasteiger partial charge in [-0.1, -0.05) is 25.4 Å². The highest BCUT2D eigenvalue weighted by Gasteiger charge is 2.26. The molecule has 0 aliphatic carbocycles. The molecule has 0 unspecified atom stereocenters. The van der Waals surface area contributed by atoms with Crippen LogP contribution in [0.3, 0.4) is 0 Å². The number of guanidine groups is 1. The third-order valence-electron chi connectivity index (χ3n) is 5.89. The Balaban J connectivity index is 0.00000363. The summed E-state index contributed by atoms with van der Waals surface area (Å²) in [5.41, 5.74) is 2.02. The number of carbonyl (C=O) groups is 1. The van der Waals surface area contributed by atoms with Gasteiger partial charge in [-0.25, -0.2) is 4.68 Å². The van der Waals surface area contributed by atoms with E-state index in [1.807, 2.05) is 46.2 Å². The summed E-state index contributed by atoms with van der Waals surface area (Å²) in [6.07, 6.45) is 7.53. The molecule has 0 atom stereocenters. The van der Waals surface area contributed by atoms with E-state index in [-0.39, 0.29) is 29.9 Å². The molecule has 1 amide bonds. The highest BCUT2D eigenvalue weighted by molar-refractivity contribution is 14.0. The highest BCUT2D eigenvalue weighted by atomic mass is 127. The van der Waals surface area contributed by atoms with Crippen LogP contribution in [0.15, 0.2) is 41.7 Å². The van der Waals surface area contributed by atoms with Crippen LogP contribution >= 0.6 is 35.6 Å². The Morgan fingerprint density at radius 2 is 1.88 bits per heavy atom. The van der Waals surface area contributed by atoms with Crippen LogP contribution in [0.2, 0.25) is 5.02 Å². The maximum atomic E-state index is 12.6. The number of halogens is 2. The molecule has 0 saturated carbocycles. The Morgan fingerprint density at radius 1 is 1.22 bits per heavy atom. The van der Waals surface area contributed by atoms with E-state index in [0.717, 1.165) is 56.0 Å². The van der Waals surface area contributed by atoms with Crippen LogP contribution < -0.4 is 10.6 Å².